The molecule has 2 aromatic heterocycles. The molecule has 0 saturated heterocycles. The molecule has 20 heavy (non-hydrogen) atoms. The lowest BCUT2D eigenvalue weighted by atomic mass is 10.1. The summed E-state index contributed by atoms with van der Waals surface area (Å²) in [5.74, 6) is 0. The van der Waals surface area contributed by atoms with Crippen molar-refractivity contribution in [2.75, 3.05) is 7.05 Å². The van der Waals surface area contributed by atoms with Gasteiger partial charge in [-0.2, -0.15) is 5.26 Å². The van der Waals surface area contributed by atoms with Crippen LogP contribution in [-0.4, -0.2) is 21.9 Å². The number of rotatable bonds is 6. The lowest BCUT2D eigenvalue weighted by Crippen LogP contribution is -2.19. The molecule has 0 radical (unpaired) electrons. The summed E-state index contributed by atoms with van der Waals surface area (Å²) < 4.78 is 0. The first-order valence-electron chi connectivity index (χ1n) is 6.68. The van der Waals surface area contributed by atoms with Crippen LogP contribution >= 0.6 is 0 Å². The molecular weight excluding hydrogens is 248 g/mol. The fourth-order valence-corrected chi connectivity index (χ4v) is 2.11. The molecule has 4 heteroatoms. The predicted molar refractivity (Wildman–Crippen MR) is 77.6 cm³/mol. The smallest absolute Gasteiger partial charge is 0.0625 e. The average molecular weight is 266 g/mol. The number of aromatic nitrogens is 2. The third kappa shape index (κ3) is 4.15. The quantitative estimate of drug-likeness (QED) is 0.806. The number of hydrogen-bond donors (Lipinski definition) is 0. The molecule has 0 saturated carbocycles. The van der Waals surface area contributed by atoms with E-state index in [1.54, 1.807) is 6.20 Å². The summed E-state index contributed by atoms with van der Waals surface area (Å²) in [4.78, 5) is 11.0. The Hall–Kier alpha value is -2.25. The predicted octanol–water partition coefficient (Wildman–Crippen LogP) is 2.56. The maximum atomic E-state index is 8.71. The SMILES string of the molecule is CN(Cc1ccccn1)Cc1ncccc1CCC#N. The molecule has 0 fully saturated rings. The number of nitriles is 1. The number of hydrogen-bond acceptors (Lipinski definition) is 4. The molecule has 0 aromatic carbocycles. The Bertz CT molecular complexity index is 575. The van der Waals surface area contributed by atoms with E-state index in [2.05, 4.69) is 28.0 Å². The Morgan fingerprint density at radius 1 is 1.10 bits per heavy atom. The molecule has 4 nitrogen and oxygen atoms in total. The van der Waals surface area contributed by atoms with Crippen LogP contribution in [0.25, 0.3) is 0 Å². The van der Waals surface area contributed by atoms with Crippen LogP contribution in [0, 0.1) is 11.3 Å². The van der Waals surface area contributed by atoms with E-state index in [0.717, 1.165) is 36.5 Å². The molecule has 0 atom stereocenters. The zero-order valence-corrected chi connectivity index (χ0v) is 11.7. The van der Waals surface area contributed by atoms with Gasteiger partial charge in [0.25, 0.3) is 0 Å². The van der Waals surface area contributed by atoms with Crippen molar-refractivity contribution in [3.8, 4) is 6.07 Å². The van der Waals surface area contributed by atoms with Crippen LogP contribution in [0.15, 0.2) is 42.7 Å². The Morgan fingerprint density at radius 2 is 1.95 bits per heavy atom. The monoisotopic (exact) mass is 266 g/mol. The van der Waals surface area contributed by atoms with Crippen LogP contribution in [0.3, 0.4) is 0 Å². The molecule has 102 valence electrons. The molecule has 0 aliphatic heterocycles. The van der Waals surface area contributed by atoms with Gasteiger partial charge in [0.05, 0.1) is 17.5 Å². The highest BCUT2D eigenvalue weighted by Gasteiger charge is 2.07. The summed E-state index contributed by atoms with van der Waals surface area (Å²) in [6.07, 6.45) is 4.90. The van der Waals surface area contributed by atoms with Crippen molar-refractivity contribution in [3.05, 3.63) is 59.7 Å². The van der Waals surface area contributed by atoms with Gasteiger partial charge in [0, 0.05) is 31.9 Å². The van der Waals surface area contributed by atoms with Crippen LogP contribution in [0.5, 0.6) is 0 Å². The Kier molecular flexibility index (Phi) is 5.22. The highest BCUT2D eigenvalue weighted by molar-refractivity contribution is 5.20. The maximum absolute atomic E-state index is 8.71. The number of pyridine rings is 2. The van der Waals surface area contributed by atoms with Gasteiger partial charge in [-0.25, -0.2) is 0 Å². The fourth-order valence-electron chi connectivity index (χ4n) is 2.11. The summed E-state index contributed by atoms with van der Waals surface area (Å²) >= 11 is 0. The van der Waals surface area contributed by atoms with E-state index in [1.807, 2.05) is 36.5 Å². The van der Waals surface area contributed by atoms with Crippen LogP contribution < -0.4 is 0 Å². The molecule has 0 amide bonds. The van der Waals surface area contributed by atoms with Crippen LogP contribution in [0.2, 0.25) is 0 Å². The molecule has 2 rings (SSSR count). The van der Waals surface area contributed by atoms with E-state index < -0.39 is 0 Å². The minimum absolute atomic E-state index is 0.530. The van der Waals surface area contributed by atoms with E-state index in [9.17, 15) is 0 Å². The van der Waals surface area contributed by atoms with Crippen LogP contribution in [-0.2, 0) is 19.5 Å². The van der Waals surface area contributed by atoms with E-state index in [1.165, 1.54) is 0 Å². The van der Waals surface area contributed by atoms with E-state index >= 15 is 0 Å². The lowest BCUT2D eigenvalue weighted by molar-refractivity contribution is 0.310. The Labute approximate surface area is 119 Å². The van der Waals surface area contributed by atoms with Crippen molar-refractivity contribution in [1.82, 2.24) is 14.9 Å². The largest absolute Gasteiger partial charge is 0.295 e. The second-order valence-corrected chi connectivity index (χ2v) is 4.76. The third-order valence-corrected chi connectivity index (χ3v) is 3.07. The van der Waals surface area contributed by atoms with Crippen LogP contribution in [0.4, 0.5) is 0 Å². The minimum Gasteiger partial charge on any atom is -0.295 e. The third-order valence-electron chi connectivity index (χ3n) is 3.07. The first-order valence-corrected chi connectivity index (χ1v) is 6.68. The first-order chi connectivity index (χ1) is 9.79. The molecule has 0 bridgehead atoms. The minimum atomic E-state index is 0.530. The Balaban J connectivity index is 2.00. The second kappa shape index (κ2) is 7.37. The normalized spacial score (nSPS) is 10.4. The molecule has 0 spiro atoms. The summed E-state index contributed by atoms with van der Waals surface area (Å²) in [5, 5.41) is 8.71. The molecule has 0 aliphatic carbocycles. The van der Waals surface area contributed by atoms with Gasteiger partial charge in [-0.05, 0) is 37.2 Å². The van der Waals surface area contributed by atoms with E-state index in [4.69, 9.17) is 5.26 Å². The van der Waals surface area contributed by atoms with Gasteiger partial charge >= 0.3 is 0 Å². The summed E-state index contributed by atoms with van der Waals surface area (Å²) in [6, 6.07) is 12.1. The van der Waals surface area contributed by atoms with Crippen molar-refractivity contribution >= 4 is 0 Å². The summed E-state index contributed by atoms with van der Waals surface area (Å²) in [7, 11) is 2.05. The van der Waals surface area contributed by atoms with E-state index in [-0.39, 0.29) is 0 Å². The van der Waals surface area contributed by atoms with Gasteiger partial charge in [0.1, 0.15) is 0 Å². The highest BCUT2D eigenvalue weighted by Crippen LogP contribution is 2.11. The van der Waals surface area contributed by atoms with Gasteiger partial charge in [0.2, 0.25) is 0 Å². The van der Waals surface area contributed by atoms with Gasteiger partial charge in [-0.3, -0.25) is 14.9 Å². The molecular formula is C16H18N4. The number of aryl methyl sites for hydroxylation is 1. The zero-order valence-electron chi connectivity index (χ0n) is 11.7. The lowest BCUT2D eigenvalue weighted by Gasteiger charge is -2.17. The van der Waals surface area contributed by atoms with Crippen molar-refractivity contribution in [3.63, 3.8) is 0 Å². The zero-order chi connectivity index (χ0) is 14.2. The van der Waals surface area contributed by atoms with Gasteiger partial charge < -0.3 is 0 Å². The van der Waals surface area contributed by atoms with Crippen molar-refractivity contribution < 1.29 is 0 Å². The average Bonchev–Trinajstić information content (AvgIpc) is 2.47. The number of nitrogens with zero attached hydrogens (tertiary/aromatic N) is 4. The van der Waals surface area contributed by atoms with Crippen LogP contribution in [0.1, 0.15) is 23.4 Å². The topological polar surface area (TPSA) is 52.8 Å². The van der Waals surface area contributed by atoms with Crippen molar-refractivity contribution in [1.29, 1.82) is 5.26 Å². The molecule has 2 aromatic rings. The molecule has 0 unspecified atom stereocenters. The Morgan fingerprint density at radius 3 is 2.70 bits per heavy atom. The van der Waals surface area contributed by atoms with Crippen molar-refractivity contribution in [2.24, 2.45) is 0 Å². The standard InChI is InChI=1S/C16H18N4/c1-20(12-15-8-2-3-10-18-15)13-16-14(6-4-9-17)7-5-11-19-16/h2-3,5,7-8,10-11H,4,6,12-13H2,1H3. The summed E-state index contributed by atoms with van der Waals surface area (Å²) in [5.41, 5.74) is 3.24. The molecule has 0 aliphatic rings. The second-order valence-electron chi connectivity index (χ2n) is 4.76. The van der Waals surface area contributed by atoms with Crippen molar-refractivity contribution in [2.45, 2.75) is 25.9 Å². The maximum Gasteiger partial charge on any atom is 0.0625 e. The van der Waals surface area contributed by atoms with Gasteiger partial charge in [-0.15, -0.1) is 0 Å². The first kappa shape index (κ1) is 14.2. The molecule has 0 N–H and O–H groups in total. The molecule has 2 heterocycles. The van der Waals surface area contributed by atoms with Gasteiger partial charge in [0.15, 0.2) is 0 Å². The highest BCUT2D eigenvalue weighted by atomic mass is 15.1. The van der Waals surface area contributed by atoms with Gasteiger partial charge in [-0.1, -0.05) is 12.1 Å². The van der Waals surface area contributed by atoms with E-state index in [0.29, 0.717) is 6.42 Å². The summed E-state index contributed by atoms with van der Waals surface area (Å²) in [6.45, 7) is 1.55. The fraction of sp³-hybridized carbons (Fsp3) is 0.312.